The molecule has 2 heterocycles. The zero-order valence-corrected chi connectivity index (χ0v) is 13.2. The lowest BCUT2D eigenvalue weighted by atomic mass is 9.75. The molecular weight excluding hydrogens is 272 g/mol. The van der Waals surface area contributed by atoms with Crippen LogP contribution in [0.15, 0.2) is 24.3 Å². The lowest BCUT2D eigenvalue weighted by molar-refractivity contribution is -0.0959. The molecule has 0 N–H and O–H groups in total. The summed E-state index contributed by atoms with van der Waals surface area (Å²) in [7, 11) is 0. The van der Waals surface area contributed by atoms with Crippen LogP contribution in [-0.4, -0.2) is 17.3 Å². The summed E-state index contributed by atoms with van der Waals surface area (Å²) in [5.74, 6) is 0.540. The highest BCUT2D eigenvalue weighted by Gasteiger charge is 2.60. The maximum atomic E-state index is 6.38. The molecule has 0 amide bonds. The molecule has 0 aliphatic carbocycles. The van der Waals surface area contributed by atoms with Gasteiger partial charge in [-0.05, 0) is 37.3 Å². The lowest BCUT2D eigenvalue weighted by Gasteiger charge is -2.31. The Kier molecular flexibility index (Phi) is 3.60. The first-order valence-electron chi connectivity index (χ1n) is 7.50. The SMILES string of the molecule is CC(C)[C@]12CC[C@@](C)(O1)[C@H](OCc1ccccc1Cl)C2. The van der Waals surface area contributed by atoms with Crippen molar-refractivity contribution >= 4 is 11.6 Å². The maximum absolute atomic E-state index is 6.38. The summed E-state index contributed by atoms with van der Waals surface area (Å²) in [5.41, 5.74) is 0.963. The standard InChI is InChI=1S/C17H23ClO2/c1-12(2)17-9-8-16(3,20-17)15(10-17)19-11-13-6-4-5-7-14(13)18/h4-7,12,15H,8-11H2,1-3H3/t15-,16-,17-/m1/s1. The van der Waals surface area contributed by atoms with Gasteiger partial charge in [0.25, 0.3) is 0 Å². The first-order valence-corrected chi connectivity index (χ1v) is 7.88. The van der Waals surface area contributed by atoms with Crippen molar-refractivity contribution < 1.29 is 9.47 Å². The van der Waals surface area contributed by atoms with E-state index in [2.05, 4.69) is 20.8 Å². The lowest BCUT2D eigenvalue weighted by Crippen LogP contribution is -2.38. The van der Waals surface area contributed by atoms with Crippen LogP contribution in [-0.2, 0) is 16.1 Å². The number of hydrogen-bond acceptors (Lipinski definition) is 2. The Hall–Kier alpha value is -0.570. The van der Waals surface area contributed by atoms with E-state index in [1.165, 1.54) is 0 Å². The molecule has 1 aromatic carbocycles. The van der Waals surface area contributed by atoms with E-state index in [4.69, 9.17) is 21.1 Å². The summed E-state index contributed by atoms with van der Waals surface area (Å²) >= 11 is 6.19. The molecule has 2 saturated heterocycles. The molecule has 110 valence electrons. The fourth-order valence-corrected chi connectivity index (χ4v) is 3.80. The number of benzene rings is 1. The Morgan fingerprint density at radius 2 is 2.10 bits per heavy atom. The highest BCUT2D eigenvalue weighted by atomic mass is 35.5. The molecule has 0 saturated carbocycles. The fraction of sp³-hybridized carbons (Fsp3) is 0.647. The van der Waals surface area contributed by atoms with Gasteiger partial charge < -0.3 is 9.47 Å². The summed E-state index contributed by atoms with van der Waals surface area (Å²) in [6.07, 6.45) is 3.44. The van der Waals surface area contributed by atoms with Crippen LogP contribution < -0.4 is 0 Å². The van der Waals surface area contributed by atoms with Crippen molar-refractivity contribution in [1.29, 1.82) is 0 Å². The van der Waals surface area contributed by atoms with Gasteiger partial charge >= 0.3 is 0 Å². The van der Waals surface area contributed by atoms with E-state index < -0.39 is 0 Å². The van der Waals surface area contributed by atoms with Crippen molar-refractivity contribution in [3.05, 3.63) is 34.9 Å². The van der Waals surface area contributed by atoms with Gasteiger partial charge in [0.1, 0.15) is 0 Å². The average Bonchev–Trinajstić information content (AvgIpc) is 2.90. The van der Waals surface area contributed by atoms with Crippen molar-refractivity contribution in [3.8, 4) is 0 Å². The molecule has 0 aromatic heterocycles. The molecule has 0 radical (unpaired) electrons. The van der Waals surface area contributed by atoms with Crippen LogP contribution in [0.2, 0.25) is 5.02 Å². The van der Waals surface area contributed by atoms with Crippen LogP contribution >= 0.6 is 11.6 Å². The maximum Gasteiger partial charge on any atom is 0.0924 e. The molecule has 0 spiro atoms. The van der Waals surface area contributed by atoms with Gasteiger partial charge in [-0.3, -0.25) is 0 Å². The van der Waals surface area contributed by atoms with Gasteiger partial charge in [0.05, 0.1) is 23.9 Å². The average molecular weight is 295 g/mol. The Balaban J connectivity index is 1.69. The van der Waals surface area contributed by atoms with E-state index in [9.17, 15) is 0 Å². The zero-order chi connectivity index (χ0) is 14.4. The molecular formula is C17H23ClO2. The van der Waals surface area contributed by atoms with E-state index in [-0.39, 0.29) is 17.3 Å². The molecule has 2 fully saturated rings. The van der Waals surface area contributed by atoms with Crippen molar-refractivity contribution in [3.63, 3.8) is 0 Å². The summed E-state index contributed by atoms with van der Waals surface area (Å²) in [4.78, 5) is 0. The van der Waals surface area contributed by atoms with Gasteiger partial charge in [-0.2, -0.15) is 0 Å². The molecule has 2 nitrogen and oxygen atoms in total. The van der Waals surface area contributed by atoms with Crippen LogP contribution in [0.4, 0.5) is 0 Å². The van der Waals surface area contributed by atoms with E-state index in [1.54, 1.807) is 0 Å². The number of rotatable bonds is 4. The summed E-state index contributed by atoms with van der Waals surface area (Å²) in [5, 5.41) is 0.778. The zero-order valence-electron chi connectivity index (χ0n) is 12.5. The predicted molar refractivity (Wildman–Crippen MR) is 80.9 cm³/mol. The Morgan fingerprint density at radius 1 is 1.35 bits per heavy atom. The number of hydrogen-bond donors (Lipinski definition) is 0. The topological polar surface area (TPSA) is 18.5 Å². The number of halogens is 1. The third kappa shape index (κ3) is 2.28. The molecule has 0 unspecified atom stereocenters. The Morgan fingerprint density at radius 3 is 2.75 bits per heavy atom. The van der Waals surface area contributed by atoms with Gasteiger partial charge in [0.15, 0.2) is 0 Å². The summed E-state index contributed by atoms with van der Waals surface area (Å²) in [6.45, 7) is 7.27. The van der Waals surface area contributed by atoms with E-state index in [0.29, 0.717) is 12.5 Å². The minimum Gasteiger partial charge on any atom is -0.370 e. The van der Waals surface area contributed by atoms with Crippen LogP contribution in [0, 0.1) is 5.92 Å². The summed E-state index contributed by atoms with van der Waals surface area (Å²) in [6, 6.07) is 7.88. The highest BCUT2D eigenvalue weighted by Crippen LogP contribution is 2.55. The van der Waals surface area contributed by atoms with Gasteiger partial charge in [0.2, 0.25) is 0 Å². The van der Waals surface area contributed by atoms with Crippen LogP contribution in [0.5, 0.6) is 0 Å². The molecule has 3 heteroatoms. The Bertz CT molecular complexity index is 502. The van der Waals surface area contributed by atoms with Gasteiger partial charge in [-0.25, -0.2) is 0 Å². The van der Waals surface area contributed by atoms with Crippen molar-refractivity contribution in [2.24, 2.45) is 5.92 Å². The van der Waals surface area contributed by atoms with Gasteiger partial charge in [-0.15, -0.1) is 0 Å². The van der Waals surface area contributed by atoms with Crippen molar-refractivity contribution in [2.75, 3.05) is 0 Å². The smallest absolute Gasteiger partial charge is 0.0924 e. The van der Waals surface area contributed by atoms with Gasteiger partial charge in [0, 0.05) is 11.4 Å². The minimum atomic E-state index is -0.120. The molecule has 20 heavy (non-hydrogen) atoms. The van der Waals surface area contributed by atoms with E-state index >= 15 is 0 Å². The van der Waals surface area contributed by atoms with Crippen LogP contribution in [0.25, 0.3) is 0 Å². The Labute approximate surface area is 126 Å². The second kappa shape index (κ2) is 5.01. The molecule has 2 aliphatic heterocycles. The first-order chi connectivity index (χ1) is 9.45. The number of fused-ring (bicyclic) bond motifs is 2. The minimum absolute atomic E-state index is 0.0277. The van der Waals surface area contributed by atoms with E-state index in [0.717, 1.165) is 29.8 Å². The molecule has 3 rings (SSSR count). The monoisotopic (exact) mass is 294 g/mol. The summed E-state index contributed by atoms with van der Waals surface area (Å²) < 4.78 is 12.6. The second-order valence-corrected chi connectivity index (χ2v) is 7.14. The van der Waals surface area contributed by atoms with Crippen molar-refractivity contribution in [1.82, 2.24) is 0 Å². The van der Waals surface area contributed by atoms with Crippen LogP contribution in [0.1, 0.15) is 45.6 Å². The molecule has 1 aromatic rings. The fourth-order valence-electron chi connectivity index (χ4n) is 3.61. The normalized spacial score (nSPS) is 36.0. The van der Waals surface area contributed by atoms with Crippen molar-refractivity contribution in [2.45, 2.75) is 63.9 Å². The van der Waals surface area contributed by atoms with E-state index in [1.807, 2.05) is 24.3 Å². The first kappa shape index (κ1) is 14.4. The molecule has 3 atom stereocenters. The third-order valence-corrected chi connectivity index (χ3v) is 5.51. The molecule has 2 aliphatic rings. The van der Waals surface area contributed by atoms with Gasteiger partial charge in [-0.1, -0.05) is 43.6 Å². The van der Waals surface area contributed by atoms with Crippen LogP contribution in [0.3, 0.4) is 0 Å². The predicted octanol–water partition coefficient (Wildman–Crippen LogP) is 4.59. The third-order valence-electron chi connectivity index (χ3n) is 5.14. The second-order valence-electron chi connectivity index (χ2n) is 6.73. The quantitative estimate of drug-likeness (QED) is 0.808. The molecule has 2 bridgehead atoms. The highest BCUT2D eigenvalue weighted by molar-refractivity contribution is 6.31. The largest absolute Gasteiger partial charge is 0.370 e. The number of ether oxygens (including phenoxy) is 2.